The molecule has 0 aliphatic carbocycles. The zero-order valence-corrected chi connectivity index (χ0v) is 12.4. The number of nitrogens with one attached hydrogen (secondary N) is 1. The van der Waals surface area contributed by atoms with Gasteiger partial charge in [-0.15, -0.1) is 0 Å². The molecular weight excluding hydrogens is 254 g/mol. The number of amides is 1. The molecule has 0 bridgehead atoms. The zero-order chi connectivity index (χ0) is 14.7. The van der Waals surface area contributed by atoms with Crippen molar-refractivity contribution in [3.05, 3.63) is 41.1 Å². The van der Waals surface area contributed by atoms with Crippen LogP contribution in [0.15, 0.2) is 22.6 Å². The van der Waals surface area contributed by atoms with Crippen molar-refractivity contribution in [2.24, 2.45) is 5.92 Å². The molecule has 0 spiro atoms. The molecule has 1 atom stereocenters. The van der Waals surface area contributed by atoms with Gasteiger partial charge in [-0.3, -0.25) is 9.48 Å². The fourth-order valence-electron chi connectivity index (χ4n) is 2.13. The molecule has 0 saturated carbocycles. The molecule has 5 nitrogen and oxygen atoms in total. The third kappa shape index (κ3) is 3.50. The van der Waals surface area contributed by atoms with E-state index in [1.54, 1.807) is 12.1 Å². The van der Waals surface area contributed by atoms with E-state index in [9.17, 15) is 4.79 Å². The minimum Gasteiger partial charge on any atom is -0.456 e. The van der Waals surface area contributed by atoms with Crippen molar-refractivity contribution in [1.82, 2.24) is 15.1 Å². The Morgan fingerprint density at radius 2 is 2.15 bits per heavy atom. The molecule has 1 N–H and O–H groups in total. The Morgan fingerprint density at radius 3 is 2.70 bits per heavy atom. The molecule has 2 heterocycles. The summed E-state index contributed by atoms with van der Waals surface area (Å²) in [5.74, 6) is 1.23. The van der Waals surface area contributed by atoms with Gasteiger partial charge in [-0.25, -0.2) is 0 Å². The molecule has 0 fully saturated rings. The molecule has 2 aromatic heterocycles. The van der Waals surface area contributed by atoms with Crippen LogP contribution in [0.4, 0.5) is 0 Å². The van der Waals surface area contributed by atoms with Crippen LogP contribution in [0.5, 0.6) is 0 Å². The van der Waals surface area contributed by atoms with Gasteiger partial charge in [0.25, 0.3) is 5.91 Å². The van der Waals surface area contributed by atoms with Crippen LogP contribution in [0.2, 0.25) is 0 Å². The van der Waals surface area contributed by atoms with Crippen molar-refractivity contribution in [2.75, 3.05) is 6.54 Å². The molecule has 0 saturated heterocycles. The SMILES string of the molecule is Cc1cc(C)n(C[C@H](C)CNC(=O)c2ccc(C)o2)n1. The number of aromatic nitrogens is 2. The van der Waals surface area contributed by atoms with Crippen LogP contribution in [0, 0.1) is 26.7 Å². The first-order chi connectivity index (χ1) is 9.45. The summed E-state index contributed by atoms with van der Waals surface area (Å²) in [6.07, 6.45) is 0. The summed E-state index contributed by atoms with van der Waals surface area (Å²) in [7, 11) is 0. The lowest BCUT2D eigenvalue weighted by atomic mass is 10.2. The van der Waals surface area contributed by atoms with Gasteiger partial charge in [0.05, 0.1) is 5.69 Å². The van der Waals surface area contributed by atoms with Crippen molar-refractivity contribution in [1.29, 1.82) is 0 Å². The summed E-state index contributed by atoms with van der Waals surface area (Å²) in [6, 6.07) is 5.53. The van der Waals surface area contributed by atoms with Crippen molar-refractivity contribution < 1.29 is 9.21 Å². The molecule has 0 aliphatic heterocycles. The maximum atomic E-state index is 11.9. The van der Waals surface area contributed by atoms with Crippen LogP contribution in [0.25, 0.3) is 0 Å². The lowest BCUT2D eigenvalue weighted by molar-refractivity contribution is 0.0917. The van der Waals surface area contributed by atoms with Gasteiger partial charge in [0.2, 0.25) is 0 Å². The Hall–Kier alpha value is -2.04. The average Bonchev–Trinajstić information content (AvgIpc) is 2.93. The van der Waals surface area contributed by atoms with E-state index in [-0.39, 0.29) is 5.91 Å². The Kier molecular flexibility index (Phi) is 4.27. The van der Waals surface area contributed by atoms with Crippen LogP contribution in [0.3, 0.4) is 0 Å². The number of carbonyl (C=O) groups is 1. The molecule has 0 radical (unpaired) electrons. The predicted octanol–water partition coefficient (Wildman–Crippen LogP) is 2.47. The number of nitrogens with zero attached hydrogens (tertiary/aromatic N) is 2. The topological polar surface area (TPSA) is 60.1 Å². The highest BCUT2D eigenvalue weighted by molar-refractivity contribution is 5.91. The van der Waals surface area contributed by atoms with E-state index in [1.807, 2.05) is 25.5 Å². The van der Waals surface area contributed by atoms with Crippen LogP contribution in [-0.4, -0.2) is 22.2 Å². The summed E-state index contributed by atoms with van der Waals surface area (Å²) in [5, 5.41) is 7.31. The first-order valence-corrected chi connectivity index (χ1v) is 6.81. The summed E-state index contributed by atoms with van der Waals surface area (Å²) in [6.45, 7) is 9.31. The van der Waals surface area contributed by atoms with Crippen molar-refractivity contribution in [2.45, 2.75) is 34.2 Å². The number of hydrogen-bond donors (Lipinski definition) is 1. The Balaban J connectivity index is 1.84. The number of furan rings is 1. The van der Waals surface area contributed by atoms with Crippen LogP contribution in [-0.2, 0) is 6.54 Å². The molecule has 2 rings (SSSR count). The zero-order valence-electron chi connectivity index (χ0n) is 12.4. The molecule has 5 heteroatoms. The van der Waals surface area contributed by atoms with Gasteiger partial charge in [-0.1, -0.05) is 6.92 Å². The predicted molar refractivity (Wildman–Crippen MR) is 76.6 cm³/mol. The standard InChI is InChI=1S/C15H21N3O2/c1-10(9-18-12(3)7-11(2)17-18)8-16-15(19)14-6-5-13(4)20-14/h5-7,10H,8-9H2,1-4H3,(H,16,19)/t10-/m1/s1. The van der Waals surface area contributed by atoms with Gasteiger partial charge in [0.1, 0.15) is 5.76 Å². The lowest BCUT2D eigenvalue weighted by Gasteiger charge is -2.13. The summed E-state index contributed by atoms with van der Waals surface area (Å²) >= 11 is 0. The number of carbonyl (C=O) groups excluding carboxylic acids is 1. The summed E-state index contributed by atoms with van der Waals surface area (Å²) in [4.78, 5) is 11.9. The normalized spacial score (nSPS) is 12.4. The third-order valence-corrected chi connectivity index (χ3v) is 3.16. The van der Waals surface area contributed by atoms with Gasteiger partial charge in [-0.05, 0) is 44.9 Å². The average molecular weight is 275 g/mol. The second-order valence-corrected chi connectivity index (χ2v) is 5.33. The Morgan fingerprint density at radius 1 is 1.40 bits per heavy atom. The second-order valence-electron chi connectivity index (χ2n) is 5.33. The molecule has 108 valence electrons. The molecular formula is C15H21N3O2. The second kappa shape index (κ2) is 5.94. The summed E-state index contributed by atoms with van der Waals surface area (Å²) < 4.78 is 7.26. The molecule has 20 heavy (non-hydrogen) atoms. The number of rotatable bonds is 5. The van der Waals surface area contributed by atoms with E-state index in [0.29, 0.717) is 18.2 Å². The van der Waals surface area contributed by atoms with Gasteiger partial charge < -0.3 is 9.73 Å². The van der Waals surface area contributed by atoms with E-state index >= 15 is 0 Å². The molecule has 1 amide bonds. The van der Waals surface area contributed by atoms with Gasteiger partial charge in [-0.2, -0.15) is 5.10 Å². The first kappa shape index (κ1) is 14.4. The van der Waals surface area contributed by atoms with Crippen molar-refractivity contribution in [3.8, 4) is 0 Å². The quantitative estimate of drug-likeness (QED) is 0.912. The fraction of sp³-hybridized carbons (Fsp3) is 0.467. The minimum atomic E-state index is -0.168. The maximum absolute atomic E-state index is 11.9. The van der Waals surface area contributed by atoms with Crippen LogP contribution < -0.4 is 5.32 Å². The van der Waals surface area contributed by atoms with Gasteiger partial charge >= 0.3 is 0 Å². The molecule has 0 aromatic carbocycles. The van der Waals surface area contributed by atoms with E-state index in [0.717, 1.165) is 23.7 Å². The van der Waals surface area contributed by atoms with E-state index in [4.69, 9.17) is 4.42 Å². The third-order valence-electron chi connectivity index (χ3n) is 3.16. The first-order valence-electron chi connectivity index (χ1n) is 6.81. The minimum absolute atomic E-state index is 0.168. The van der Waals surface area contributed by atoms with E-state index in [2.05, 4.69) is 23.4 Å². The number of aryl methyl sites for hydroxylation is 3. The summed E-state index contributed by atoms with van der Waals surface area (Å²) in [5.41, 5.74) is 2.16. The van der Waals surface area contributed by atoms with Crippen LogP contribution >= 0.6 is 0 Å². The lowest BCUT2D eigenvalue weighted by Crippen LogP contribution is -2.30. The fourth-order valence-corrected chi connectivity index (χ4v) is 2.13. The van der Waals surface area contributed by atoms with E-state index < -0.39 is 0 Å². The van der Waals surface area contributed by atoms with Gasteiger partial charge in [0, 0.05) is 18.8 Å². The van der Waals surface area contributed by atoms with Crippen molar-refractivity contribution in [3.63, 3.8) is 0 Å². The monoisotopic (exact) mass is 275 g/mol. The highest BCUT2D eigenvalue weighted by Crippen LogP contribution is 2.08. The highest BCUT2D eigenvalue weighted by atomic mass is 16.3. The Bertz CT molecular complexity index is 598. The Labute approximate surface area is 119 Å². The molecule has 0 aliphatic rings. The maximum Gasteiger partial charge on any atom is 0.287 e. The van der Waals surface area contributed by atoms with Gasteiger partial charge in [0.15, 0.2) is 5.76 Å². The van der Waals surface area contributed by atoms with Crippen LogP contribution in [0.1, 0.15) is 34.6 Å². The highest BCUT2D eigenvalue weighted by Gasteiger charge is 2.12. The molecule has 0 unspecified atom stereocenters. The van der Waals surface area contributed by atoms with Crippen molar-refractivity contribution >= 4 is 5.91 Å². The molecule has 2 aromatic rings. The smallest absolute Gasteiger partial charge is 0.287 e. The largest absolute Gasteiger partial charge is 0.456 e. The van der Waals surface area contributed by atoms with E-state index in [1.165, 1.54) is 0 Å². The number of hydrogen-bond acceptors (Lipinski definition) is 3.